The molecule has 4 rings (SSSR count). The van der Waals surface area contributed by atoms with Crippen molar-refractivity contribution in [3.8, 4) is 0 Å². The van der Waals surface area contributed by atoms with Gasteiger partial charge >= 0.3 is 10.2 Å². The van der Waals surface area contributed by atoms with E-state index >= 15 is 0 Å². The fraction of sp³-hybridized carbons (Fsp3) is 0.273. The second-order valence-electron chi connectivity index (χ2n) is 8.03. The highest BCUT2D eigenvalue weighted by atomic mass is 35.5. The molecule has 1 atom stereocenters. The number of halogens is 2. The molecule has 0 radical (unpaired) electrons. The van der Waals surface area contributed by atoms with Crippen LogP contribution in [0.2, 0.25) is 10.0 Å². The topological polar surface area (TPSA) is 101 Å². The summed E-state index contributed by atoms with van der Waals surface area (Å²) in [6.07, 6.45) is 0.331. The molecule has 2 heterocycles. The van der Waals surface area contributed by atoms with Crippen molar-refractivity contribution in [3.63, 3.8) is 0 Å². The fourth-order valence-corrected chi connectivity index (χ4v) is 5.84. The molecule has 174 valence electrons. The van der Waals surface area contributed by atoms with Gasteiger partial charge in [0, 0.05) is 38.0 Å². The number of benzene rings is 2. The maximum absolute atomic E-state index is 13.5. The van der Waals surface area contributed by atoms with E-state index < -0.39 is 21.7 Å². The van der Waals surface area contributed by atoms with Gasteiger partial charge in [0.15, 0.2) is 0 Å². The molecule has 33 heavy (non-hydrogen) atoms. The lowest BCUT2D eigenvalue weighted by Crippen LogP contribution is -2.50. The second-order valence-corrected chi connectivity index (χ2v) is 10.5. The van der Waals surface area contributed by atoms with E-state index in [0.717, 1.165) is 18.0 Å². The minimum Gasteiger partial charge on any atom is -0.340 e. The summed E-state index contributed by atoms with van der Waals surface area (Å²) in [4.78, 5) is 24.8. The van der Waals surface area contributed by atoms with Crippen LogP contribution in [-0.4, -0.2) is 42.2 Å². The Morgan fingerprint density at radius 1 is 1.09 bits per heavy atom. The first-order valence-corrected chi connectivity index (χ1v) is 12.3. The van der Waals surface area contributed by atoms with Crippen LogP contribution in [0.1, 0.15) is 29.4 Å². The predicted octanol–water partition coefficient (Wildman–Crippen LogP) is 3.20. The monoisotopic (exact) mass is 508 g/mol. The number of hydrogen-bond donors (Lipinski definition) is 2. The van der Waals surface area contributed by atoms with Crippen LogP contribution in [0.3, 0.4) is 0 Å². The van der Waals surface area contributed by atoms with Gasteiger partial charge in [-0.1, -0.05) is 53.5 Å². The Labute approximate surface area is 201 Å². The number of nitrogens with one attached hydrogen (secondary N) is 2. The molecule has 1 fully saturated rings. The molecule has 0 spiro atoms. The number of carbonyl (C=O) groups excluding carboxylic acids is 2. The Kier molecular flexibility index (Phi) is 6.17. The third-order valence-corrected chi connectivity index (χ3v) is 8.23. The molecule has 1 unspecified atom stereocenters. The first-order valence-electron chi connectivity index (χ1n) is 10.1. The third-order valence-electron chi connectivity index (χ3n) is 5.87. The van der Waals surface area contributed by atoms with Crippen molar-refractivity contribution in [2.75, 3.05) is 13.1 Å². The number of hydrogen-bond acceptors (Lipinski definition) is 4. The quantitative estimate of drug-likeness (QED) is 0.552. The van der Waals surface area contributed by atoms with Crippen molar-refractivity contribution in [2.24, 2.45) is 7.05 Å². The number of amides is 2. The van der Waals surface area contributed by atoms with E-state index in [9.17, 15) is 18.0 Å². The Balaban J connectivity index is 1.72. The van der Waals surface area contributed by atoms with Crippen molar-refractivity contribution in [1.82, 2.24) is 18.9 Å². The number of carbonyl (C=O) groups is 2. The van der Waals surface area contributed by atoms with Gasteiger partial charge in [-0.3, -0.25) is 9.59 Å². The molecule has 3 aromatic rings. The Bertz CT molecular complexity index is 1360. The number of rotatable bonds is 5. The lowest BCUT2D eigenvalue weighted by atomic mass is 9.89. The zero-order valence-corrected chi connectivity index (χ0v) is 20.3. The molecule has 2 N–H and O–H groups in total. The van der Waals surface area contributed by atoms with E-state index in [-0.39, 0.29) is 19.0 Å². The highest BCUT2D eigenvalue weighted by Gasteiger charge is 2.45. The highest BCUT2D eigenvalue weighted by Crippen LogP contribution is 2.35. The molecule has 0 bridgehead atoms. The lowest BCUT2D eigenvalue weighted by Gasteiger charge is -2.31. The summed E-state index contributed by atoms with van der Waals surface area (Å²) in [6.45, 7) is 1.24. The van der Waals surface area contributed by atoms with Crippen molar-refractivity contribution < 1.29 is 18.0 Å². The van der Waals surface area contributed by atoms with Crippen molar-refractivity contribution in [1.29, 1.82) is 0 Å². The summed E-state index contributed by atoms with van der Waals surface area (Å²) in [7, 11) is -2.28. The maximum atomic E-state index is 13.5. The smallest absolute Gasteiger partial charge is 0.303 e. The highest BCUT2D eigenvalue weighted by molar-refractivity contribution is 7.87. The summed E-state index contributed by atoms with van der Waals surface area (Å²) in [6, 6.07) is 14.3. The van der Waals surface area contributed by atoms with Gasteiger partial charge in [0.2, 0.25) is 5.91 Å². The second kappa shape index (κ2) is 8.64. The number of aryl methyl sites for hydroxylation is 1. The van der Waals surface area contributed by atoms with Crippen molar-refractivity contribution >= 4 is 56.1 Å². The molecule has 11 heteroatoms. The zero-order valence-electron chi connectivity index (χ0n) is 17.9. The van der Waals surface area contributed by atoms with Crippen LogP contribution < -0.4 is 10.0 Å². The minimum atomic E-state index is -4.03. The molecule has 1 aromatic heterocycles. The molecule has 1 saturated heterocycles. The van der Waals surface area contributed by atoms with Crippen molar-refractivity contribution in [3.05, 3.63) is 69.8 Å². The molecule has 0 aliphatic carbocycles. The van der Waals surface area contributed by atoms with Crippen LogP contribution in [-0.2, 0) is 27.6 Å². The van der Waals surface area contributed by atoms with E-state index in [4.69, 9.17) is 23.2 Å². The van der Waals surface area contributed by atoms with E-state index in [1.807, 2.05) is 35.1 Å². The molecule has 8 nitrogen and oxygen atoms in total. The zero-order chi connectivity index (χ0) is 24.0. The molecular weight excluding hydrogens is 487 g/mol. The number of fused-ring (bicyclic) bond motifs is 1. The lowest BCUT2D eigenvalue weighted by molar-refractivity contribution is -0.117. The first kappa shape index (κ1) is 23.6. The Morgan fingerprint density at radius 3 is 2.45 bits per heavy atom. The van der Waals surface area contributed by atoms with Crippen LogP contribution >= 0.6 is 23.2 Å². The minimum absolute atomic E-state index is 0.0259. The number of nitrogens with zero attached hydrogens (tertiary/aromatic N) is 2. The van der Waals surface area contributed by atoms with Gasteiger partial charge in [0.1, 0.15) is 5.69 Å². The standard InChI is InChI=1S/C22H22Cl2N4O4S/c1-14(29)26-33(31,32)28-11-10-22(13-28,15-6-4-3-5-7-15)25-21(30)19-12-16-18(27(19)2)9-8-17(23)20(16)24/h3-9,12H,10-11,13H2,1-2H3,(H,25,30)(H,26,29). The summed E-state index contributed by atoms with van der Waals surface area (Å²) in [5.74, 6) is -1.06. The normalized spacial score (nSPS) is 19.0. The van der Waals surface area contributed by atoms with Crippen LogP contribution in [0, 0.1) is 0 Å². The molecule has 2 aromatic carbocycles. The van der Waals surface area contributed by atoms with Gasteiger partial charge in [-0.05, 0) is 30.2 Å². The van der Waals surface area contributed by atoms with E-state index in [0.29, 0.717) is 27.5 Å². The van der Waals surface area contributed by atoms with Gasteiger partial charge in [-0.15, -0.1) is 0 Å². The van der Waals surface area contributed by atoms with E-state index in [2.05, 4.69) is 5.32 Å². The van der Waals surface area contributed by atoms with E-state index in [1.54, 1.807) is 29.8 Å². The number of aromatic nitrogens is 1. The van der Waals surface area contributed by atoms with Crippen LogP contribution in [0.15, 0.2) is 48.5 Å². The van der Waals surface area contributed by atoms with Gasteiger partial charge in [0.05, 0.1) is 15.6 Å². The summed E-state index contributed by atoms with van der Waals surface area (Å²) >= 11 is 12.5. The Morgan fingerprint density at radius 2 is 1.79 bits per heavy atom. The SMILES string of the molecule is CC(=O)NS(=O)(=O)N1CCC(NC(=O)c2cc3c(Cl)c(Cl)ccc3n2C)(c2ccccc2)C1. The largest absolute Gasteiger partial charge is 0.340 e. The van der Waals surface area contributed by atoms with Gasteiger partial charge in [0.25, 0.3) is 5.91 Å². The van der Waals surface area contributed by atoms with Gasteiger partial charge in [-0.2, -0.15) is 12.7 Å². The molecule has 1 aliphatic rings. The summed E-state index contributed by atoms with van der Waals surface area (Å²) in [5.41, 5.74) is 0.873. The maximum Gasteiger partial charge on any atom is 0.303 e. The molecular formula is C22H22Cl2N4O4S. The molecule has 2 amide bonds. The van der Waals surface area contributed by atoms with Crippen molar-refractivity contribution in [2.45, 2.75) is 18.9 Å². The van der Waals surface area contributed by atoms with Crippen LogP contribution in [0.5, 0.6) is 0 Å². The van der Waals surface area contributed by atoms with Gasteiger partial charge < -0.3 is 9.88 Å². The van der Waals surface area contributed by atoms with Crippen LogP contribution in [0.25, 0.3) is 10.9 Å². The van der Waals surface area contributed by atoms with Gasteiger partial charge in [-0.25, -0.2) is 4.72 Å². The van der Waals surface area contributed by atoms with Crippen LogP contribution in [0.4, 0.5) is 0 Å². The third kappa shape index (κ3) is 4.33. The average molecular weight is 509 g/mol. The van der Waals surface area contributed by atoms with E-state index in [1.165, 1.54) is 4.31 Å². The average Bonchev–Trinajstić information content (AvgIpc) is 3.34. The Hall–Kier alpha value is -2.59. The summed E-state index contributed by atoms with van der Waals surface area (Å²) < 4.78 is 30.1. The summed E-state index contributed by atoms with van der Waals surface area (Å²) in [5, 5.41) is 4.45. The predicted molar refractivity (Wildman–Crippen MR) is 127 cm³/mol. The first-order chi connectivity index (χ1) is 15.5. The fourth-order valence-electron chi connectivity index (χ4n) is 4.24. The molecule has 0 saturated carbocycles. The molecule has 1 aliphatic heterocycles.